The Morgan fingerprint density at radius 3 is 2.28 bits per heavy atom. The zero-order valence-corrected chi connectivity index (χ0v) is 12.9. The van der Waals surface area contributed by atoms with Crippen LogP contribution in [0, 0.1) is 0 Å². The van der Waals surface area contributed by atoms with Crippen LogP contribution in [0.1, 0.15) is 67.2 Å². The van der Waals surface area contributed by atoms with E-state index in [0.717, 1.165) is 25.5 Å². The smallest absolute Gasteiger partial charge is 0.119 e. The van der Waals surface area contributed by atoms with Crippen LogP contribution in [-0.2, 0) is 14.3 Å². The van der Waals surface area contributed by atoms with Crippen LogP contribution in [-0.4, -0.2) is 30.2 Å². The molecule has 0 aromatic rings. The van der Waals surface area contributed by atoms with Crippen LogP contribution in [0.2, 0.25) is 0 Å². The first-order valence-electron chi connectivity index (χ1n) is 6.92. The van der Waals surface area contributed by atoms with E-state index in [1.165, 1.54) is 0 Å². The summed E-state index contributed by atoms with van der Waals surface area (Å²) < 4.78 is 11.7. The van der Waals surface area contributed by atoms with Crippen molar-refractivity contribution in [3.63, 3.8) is 0 Å². The van der Waals surface area contributed by atoms with Crippen LogP contribution in [0.15, 0.2) is 0 Å². The van der Waals surface area contributed by atoms with Crippen molar-refractivity contribution >= 4 is 6.29 Å². The summed E-state index contributed by atoms with van der Waals surface area (Å²) >= 11 is 0. The van der Waals surface area contributed by atoms with Gasteiger partial charge in [0.15, 0.2) is 0 Å². The Labute approximate surface area is 112 Å². The molecule has 0 aromatic carbocycles. The molecule has 0 saturated heterocycles. The first-order valence-corrected chi connectivity index (χ1v) is 6.92. The topological polar surface area (TPSA) is 35.5 Å². The number of ether oxygens (including phenoxy) is 2. The lowest BCUT2D eigenvalue weighted by molar-refractivity contribution is -0.126. The van der Waals surface area contributed by atoms with Crippen molar-refractivity contribution < 1.29 is 14.3 Å². The maximum absolute atomic E-state index is 10.2. The molecule has 0 radical (unpaired) electrons. The van der Waals surface area contributed by atoms with Crippen LogP contribution < -0.4 is 0 Å². The van der Waals surface area contributed by atoms with Crippen molar-refractivity contribution in [3.8, 4) is 0 Å². The summed E-state index contributed by atoms with van der Waals surface area (Å²) in [7, 11) is 0. The van der Waals surface area contributed by atoms with E-state index in [2.05, 4.69) is 41.5 Å². The molecule has 108 valence electrons. The molecule has 3 heteroatoms. The van der Waals surface area contributed by atoms with Gasteiger partial charge in [-0.3, -0.25) is 0 Å². The van der Waals surface area contributed by atoms with E-state index in [-0.39, 0.29) is 17.3 Å². The van der Waals surface area contributed by atoms with E-state index < -0.39 is 0 Å². The predicted molar refractivity (Wildman–Crippen MR) is 74.9 cm³/mol. The van der Waals surface area contributed by atoms with E-state index in [9.17, 15) is 4.79 Å². The number of hydrogen-bond acceptors (Lipinski definition) is 3. The monoisotopic (exact) mass is 258 g/mol. The molecule has 0 aliphatic carbocycles. The highest BCUT2D eigenvalue weighted by Gasteiger charge is 2.25. The molecule has 0 saturated carbocycles. The summed E-state index contributed by atoms with van der Waals surface area (Å²) in [6, 6.07) is 0. The Morgan fingerprint density at radius 1 is 1.17 bits per heavy atom. The van der Waals surface area contributed by atoms with Crippen LogP contribution in [0.4, 0.5) is 0 Å². The Bertz CT molecular complexity index is 228. The van der Waals surface area contributed by atoms with Gasteiger partial charge < -0.3 is 14.3 Å². The van der Waals surface area contributed by atoms with Gasteiger partial charge in [-0.05, 0) is 60.8 Å². The number of hydrogen-bond donors (Lipinski definition) is 0. The Hall–Kier alpha value is -0.410. The number of aldehydes is 1. The van der Waals surface area contributed by atoms with E-state index in [4.69, 9.17) is 9.47 Å². The van der Waals surface area contributed by atoms with Gasteiger partial charge in [-0.2, -0.15) is 0 Å². The predicted octanol–water partition coefficient (Wildman–Crippen LogP) is 3.74. The van der Waals surface area contributed by atoms with E-state index in [0.29, 0.717) is 13.0 Å². The molecule has 0 aliphatic rings. The van der Waals surface area contributed by atoms with Crippen molar-refractivity contribution in [1.29, 1.82) is 0 Å². The molecule has 0 rings (SSSR count). The van der Waals surface area contributed by atoms with E-state index in [1.54, 1.807) is 0 Å². The quantitative estimate of drug-likeness (QED) is 0.467. The maximum Gasteiger partial charge on any atom is 0.119 e. The third-order valence-electron chi connectivity index (χ3n) is 2.62. The normalized spacial score (nSPS) is 14.6. The third kappa shape index (κ3) is 10.7. The zero-order valence-electron chi connectivity index (χ0n) is 12.9. The van der Waals surface area contributed by atoms with Crippen molar-refractivity contribution in [2.45, 2.75) is 84.5 Å². The van der Waals surface area contributed by atoms with Gasteiger partial charge in [-0.25, -0.2) is 0 Å². The lowest BCUT2D eigenvalue weighted by Crippen LogP contribution is -2.36. The van der Waals surface area contributed by atoms with Crippen LogP contribution >= 0.6 is 0 Å². The van der Waals surface area contributed by atoms with Gasteiger partial charge in [0, 0.05) is 13.0 Å². The van der Waals surface area contributed by atoms with Gasteiger partial charge in [0.05, 0.1) is 17.3 Å². The summed E-state index contributed by atoms with van der Waals surface area (Å²) in [4.78, 5) is 10.2. The average molecular weight is 258 g/mol. The molecule has 0 amide bonds. The van der Waals surface area contributed by atoms with E-state index >= 15 is 0 Å². The van der Waals surface area contributed by atoms with Gasteiger partial charge in [-0.1, -0.05) is 0 Å². The lowest BCUT2D eigenvalue weighted by atomic mass is 10.0. The minimum Gasteiger partial charge on any atom is -0.378 e. The molecule has 0 aromatic heterocycles. The molecule has 0 fully saturated rings. The second kappa shape index (κ2) is 7.90. The molecule has 0 spiro atoms. The highest BCUT2D eigenvalue weighted by atomic mass is 16.5. The first kappa shape index (κ1) is 17.6. The summed E-state index contributed by atoms with van der Waals surface area (Å²) in [5.74, 6) is 0. The SMILES string of the molecule is CC(CCCC=O)OCCC(C)(C)OC(C)(C)C. The summed E-state index contributed by atoms with van der Waals surface area (Å²) in [5, 5.41) is 0. The van der Waals surface area contributed by atoms with Gasteiger partial charge in [0.1, 0.15) is 6.29 Å². The van der Waals surface area contributed by atoms with Crippen molar-refractivity contribution in [1.82, 2.24) is 0 Å². The van der Waals surface area contributed by atoms with E-state index in [1.807, 2.05) is 0 Å². The number of rotatable bonds is 9. The van der Waals surface area contributed by atoms with Crippen LogP contribution in [0.3, 0.4) is 0 Å². The molecule has 0 aliphatic heterocycles. The summed E-state index contributed by atoms with van der Waals surface area (Å²) in [6.45, 7) is 13.2. The van der Waals surface area contributed by atoms with Crippen LogP contribution in [0.25, 0.3) is 0 Å². The molecular weight excluding hydrogens is 228 g/mol. The molecular formula is C15H30O3. The number of carbonyl (C=O) groups is 1. The first-order chi connectivity index (χ1) is 8.16. The van der Waals surface area contributed by atoms with Gasteiger partial charge in [-0.15, -0.1) is 0 Å². The third-order valence-corrected chi connectivity index (χ3v) is 2.62. The van der Waals surface area contributed by atoms with Gasteiger partial charge in [0.2, 0.25) is 0 Å². The molecule has 0 heterocycles. The lowest BCUT2D eigenvalue weighted by Gasteiger charge is -2.34. The summed E-state index contributed by atoms with van der Waals surface area (Å²) in [5.41, 5.74) is -0.292. The molecule has 3 nitrogen and oxygen atoms in total. The number of carbonyl (C=O) groups excluding carboxylic acids is 1. The summed E-state index contributed by atoms with van der Waals surface area (Å²) in [6.07, 6.45) is 4.54. The second-order valence-electron chi connectivity index (χ2n) is 6.50. The average Bonchev–Trinajstić information content (AvgIpc) is 2.13. The fourth-order valence-corrected chi connectivity index (χ4v) is 1.96. The van der Waals surface area contributed by atoms with Gasteiger partial charge in [0.25, 0.3) is 0 Å². The zero-order chi connectivity index (χ0) is 14.2. The molecule has 1 atom stereocenters. The Balaban J connectivity index is 3.78. The Kier molecular flexibility index (Phi) is 7.72. The fourth-order valence-electron chi connectivity index (χ4n) is 1.96. The molecule has 18 heavy (non-hydrogen) atoms. The molecule has 0 bridgehead atoms. The molecule has 1 unspecified atom stereocenters. The molecule has 0 N–H and O–H groups in total. The Morgan fingerprint density at radius 2 is 1.78 bits per heavy atom. The largest absolute Gasteiger partial charge is 0.378 e. The van der Waals surface area contributed by atoms with Crippen molar-refractivity contribution in [3.05, 3.63) is 0 Å². The fraction of sp³-hybridized carbons (Fsp3) is 0.933. The van der Waals surface area contributed by atoms with Gasteiger partial charge >= 0.3 is 0 Å². The van der Waals surface area contributed by atoms with Crippen LogP contribution in [0.5, 0.6) is 0 Å². The number of unbranched alkanes of at least 4 members (excludes halogenated alkanes) is 1. The van der Waals surface area contributed by atoms with Crippen molar-refractivity contribution in [2.75, 3.05) is 6.61 Å². The maximum atomic E-state index is 10.2. The highest BCUT2D eigenvalue weighted by molar-refractivity contribution is 5.48. The highest BCUT2D eigenvalue weighted by Crippen LogP contribution is 2.23. The van der Waals surface area contributed by atoms with Crippen molar-refractivity contribution in [2.24, 2.45) is 0 Å². The minimum atomic E-state index is -0.166. The minimum absolute atomic E-state index is 0.126. The second-order valence-corrected chi connectivity index (χ2v) is 6.50. The standard InChI is InChI=1S/C15H30O3/c1-13(9-7-8-11-16)17-12-10-15(5,6)18-14(2,3)4/h11,13H,7-10,12H2,1-6H3.